The molecule has 9 heteroatoms. The van der Waals surface area contributed by atoms with Gasteiger partial charge >= 0.3 is 0 Å². The molecule has 2 fully saturated rings. The smallest absolute Gasteiger partial charge is 0.272 e. The number of rotatable bonds is 6. The molecule has 2 atom stereocenters. The highest BCUT2D eigenvalue weighted by Crippen LogP contribution is 2.39. The molecule has 1 saturated heterocycles. The van der Waals surface area contributed by atoms with E-state index in [-0.39, 0.29) is 23.6 Å². The zero-order valence-electron chi connectivity index (χ0n) is 13.3. The fourth-order valence-electron chi connectivity index (χ4n) is 2.64. The largest absolute Gasteiger partial charge is 0.379 e. The number of hydrogen-bond acceptors (Lipinski definition) is 5. The van der Waals surface area contributed by atoms with Gasteiger partial charge in [-0.1, -0.05) is 0 Å². The Morgan fingerprint density at radius 2 is 2.17 bits per heavy atom. The van der Waals surface area contributed by atoms with Gasteiger partial charge < -0.3 is 10.1 Å². The molecule has 0 bridgehead atoms. The summed E-state index contributed by atoms with van der Waals surface area (Å²) in [5, 5.41) is 9.79. The van der Waals surface area contributed by atoms with Crippen LogP contribution in [0.25, 0.3) is 0 Å². The second kappa shape index (κ2) is 6.21. The molecular weight excluding hydrogens is 320 g/mol. The Balaban J connectivity index is 1.62. The molecule has 3 rings (SSSR count). The summed E-state index contributed by atoms with van der Waals surface area (Å²) in [6.07, 6.45) is 2.26. The van der Waals surface area contributed by atoms with Gasteiger partial charge in [0.25, 0.3) is 5.91 Å². The van der Waals surface area contributed by atoms with Crippen molar-refractivity contribution in [2.45, 2.75) is 24.8 Å². The van der Waals surface area contributed by atoms with E-state index in [0.717, 1.165) is 18.5 Å². The van der Waals surface area contributed by atoms with Crippen molar-refractivity contribution in [3.05, 3.63) is 17.5 Å². The summed E-state index contributed by atoms with van der Waals surface area (Å²) in [7, 11) is -0.330. The van der Waals surface area contributed by atoms with E-state index in [1.807, 2.05) is 0 Å². The first-order valence-corrected chi connectivity index (χ1v) is 9.32. The lowest BCUT2D eigenvalue weighted by Crippen LogP contribution is -2.43. The molecule has 1 aromatic heterocycles. The number of aromatic amines is 1. The molecule has 8 nitrogen and oxygen atoms in total. The number of nitrogens with zero attached hydrogens (tertiary/aromatic N) is 2. The lowest BCUT2D eigenvalue weighted by atomic mass is 10.1. The molecule has 1 aromatic rings. The third-order valence-corrected chi connectivity index (χ3v) is 6.31. The van der Waals surface area contributed by atoms with Crippen LogP contribution in [0, 0.1) is 5.92 Å². The van der Waals surface area contributed by atoms with Gasteiger partial charge in [-0.05, 0) is 18.9 Å². The predicted octanol–water partition coefficient (Wildman–Crippen LogP) is -0.0767. The first kappa shape index (κ1) is 16.4. The van der Waals surface area contributed by atoms with E-state index in [1.54, 1.807) is 6.07 Å². The van der Waals surface area contributed by atoms with Crippen LogP contribution in [0.4, 0.5) is 0 Å². The molecule has 1 aliphatic carbocycles. The van der Waals surface area contributed by atoms with E-state index in [9.17, 15) is 13.2 Å². The number of ether oxygens (including phenoxy) is 1. The van der Waals surface area contributed by atoms with Gasteiger partial charge in [0, 0.05) is 31.6 Å². The van der Waals surface area contributed by atoms with Gasteiger partial charge in [-0.3, -0.25) is 9.89 Å². The Kier molecular flexibility index (Phi) is 4.43. The molecule has 1 aliphatic heterocycles. The van der Waals surface area contributed by atoms with Crippen molar-refractivity contribution in [2.75, 3.05) is 33.1 Å². The average molecular weight is 342 g/mol. The van der Waals surface area contributed by atoms with Crippen LogP contribution in [0.5, 0.6) is 0 Å². The topological polar surface area (TPSA) is 104 Å². The van der Waals surface area contributed by atoms with Gasteiger partial charge in [-0.15, -0.1) is 0 Å². The Bertz CT molecular complexity index is 681. The maximum absolute atomic E-state index is 12.3. The molecule has 2 heterocycles. The summed E-state index contributed by atoms with van der Waals surface area (Å²) in [6, 6.07) is 1.45. The Morgan fingerprint density at radius 1 is 1.43 bits per heavy atom. The van der Waals surface area contributed by atoms with Crippen LogP contribution in [0.3, 0.4) is 0 Å². The second-order valence-electron chi connectivity index (χ2n) is 6.42. The Morgan fingerprint density at radius 3 is 2.83 bits per heavy atom. The highest BCUT2D eigenvalue weighted by molar-refractivity contribution is 7.89. The number of carbonyl (C=O) groups is 1. The van der Waals surface area contributed by atoms with Crippen molar-refractivity contribution >= 4 is 15.9 Å². The SMILES string of the molecule is CN(C)S(=O)(=O)C[C@@H]1COC[C@H]1NC(=O)c1cc(C2CC2)[nH]n1. The average Bonchev–Trinajstić information content (AvgIpc) is 3.05. The van der Waals surface area contributed by atoms with Crippen molar-refractivity contribution in [1.82, 2.24) is 19.8 Å². The summed E-state index contributed by atoms with van der Waals surface area (Å²) in [5.41, 5.74) is 1.33. The number of carbonyl (C=O) groups excluding carboxylic acids is 1. The second-order valence-corrected chi connectivity index (χ2v) is 8.65. The maximum atomic E-state index is 12.3. The molecule has 1 saturated carbocycles. The minimum Gasteiger partial charge on any atom is -0.379 e. The minimum atomic E-state index is -3.33. The molecule has 2 N–H and O–H groups in total. The van der Waals surface area contributed by atoms with E-state index in [0.29, 0.717) is 24.8 Å². The van der Waals surface area contributed by atoms with Gasteiger partial charge in [-0.25, -0.2) is 12.7 Å². The van der Waals surface area contributed by atoms with Gasteiger partial charge in [0.2, 0.25) is 10.0 Å². The van der Waals surface area contributed by atoms with Gasteiger partial charge in [0.15, 0.2) is 0 Å². The first-order valence-electron chi connectivity index (χ1n) is 7.71. The van der Waals surface area contributed by atoms with Crippen LogP contribution < -0.4 is 5.32 Å². The molecule has 128 valence electrons. The molecule has 0 radical (unpaired) electrons. The lowest BCUT2D eigenvalue weighted by Gasteiger charge is -2.20. The quantitative estimate of drug-likeness (QED) is 0.753. The van der Waals surface area contributed by atoms with E-state index >= 15 is 0 Å². The van der Waals surface area contributed by atoms with Crippen molar-refractivity contribution in [2.24, 2.45) is 5.92 Å². The van der Waals surface area contributed by atoms with Crippen LogP contribution in [-0.4, -0.2) is 67.9 Å². The molecule has 0 unspecified atom stereocenters. The van der Waals surface area contributed by atoms with Crippen LogP contribution in [0.1, 0.15) is 34.9 Å². The Hall–Kier alpha value is -1.45. The number of sulfonamides is 1. The van der Waals surface area contributed by atoms with Crippen molar-refractivity contribution in [3.8, 4) is 0 Å². The highest BCUT2D eigenvalue weighted by Gasteiger charge is 2.35. The van der Waals surface area contributed by atoms with Crippen molar-refractivity contribution in [3.63, 3.8) is 0 Å². The van der Waals surface area contributed by atoms with Crippen LogP contribution in [-0.2, 0) is 14.8 Å². The molecule has 23 heavy (non-hydrogen) atoms. The van der Waals surface area contributed by atoms with E-state index < -0.39 is 10.0 Å². The zero-order valence-corrected chi connectivity index (χ0v) is 14.1. The van der Waals surface area contributed by atoms with Crippen LogP contribution >= 0.6 is 0 Å². The van der Waals surface area contributed by atoms with Crippen LogP contribution in [0.15, 0.2) is 6.07 Å². The van der Waals surface area contributed by atoms with Crippen molar-refractivity contribution in [1.29, 1.82) is 0 Å². The Labute approximate surface area is 135 Å². The summed E-state index contributed by atoms with van der Waals surface area (Å²) in [5.74, 6) is -0.0975. The summed E-state index contributed by atoms with van der Waals surface area (Å²) >= 11 is 0. The standard InChI is InChI=1S/C14H22N4O4S/c1-18(2)23(20,21)8-10-6-22-7-13(10)15-14(19)12-5-11(16-17-12)9-3-4-9/h5,9-10,13H,3-4,6-8H2,1-2H3,(H,15,19)(H,16,17)/t10-,13+/m0/s1. The molecule has 2 aliphatic rings. The number of aromatic nitrogens is 2. The summed E-state index contributed by atoms with van der Waals surface area (Å²) in [6.45, 7) is 0.644. The van der Waals surface area contributed by atoms with E-state index in [2.05, 4.69) is 15.5 Å². The summed E-state index contributed by atoms with van der Waals surface area (Å²) in [4.78, 5) is 12.3. The fourth-order valence-corrected chi connectivity index (χ4v) is 3.81. The number of nitrogens with one attached hydrogen (secondary N) is 2. The molecule has 0 spiro atoms. The fraction of sp³-hybridized carbons (Fsp3) is 0.714. The molecule has 1 amide bonds. The third-order valence-electron chi connectivity index (χ3n) is 4.34. The number of amides is 1. The number of hydrogen-bond donors (Lipinski definition) is 2. The minimum absolute atomic E-state index is 0.0428. The number of H-pyrrole nitrogens is 1. The van der Waals surface area contributed by atoms with E-state index in [4.69, 9.17) is 4.74 Å². The highest BCUT2D eigenvalue weighted by atomic mass is 32.2. The predicted molar refractivity (Wildman–Crippen MR) is 83.6 cm³/mol. The normalized spacial score (nSPS) is 25.0. The first-order chi connectivity index (χ1) is 10.9. The monoisotopic (exact) mass is 342 g/mol. The van der Waals surface area contributed by atoms with Crippen LogP contribution in [0.2, 0.25) is 0 Å². The maximum Gasteiger partial charge on any atom is 0.272 e. The summed E-state index contributed by atoms with van der Waals surface area (Å²) < 4.78 is 30.6. The molecule has 0 aromatic carbocycles. The van der Waals surface area contributed by atoms with Crippen molar-refractivity contribution < 1.29 is 17.9 Å². The lowest BCUT2D eigenvalue weighted by molar-refractivity contribution is 0.0921. The van der Waals surface area contributed by atoms with E-state index in [1.165, 1.54) is 18.4 Å². The van der Waals surface area contributed by atoms with Gasteiger partial charge in [-0.2, -0.15) is 5.10 Å². The third kappa shape index (κ3) is 3.73. The van der Waals surface area contributed by atoms with Gasteiger partial charge in [0.05, 0.1) is 25.0 Å². The molecular formula is C14H22N4O4S. The zero-order chi connectivity index (χ0) is 16.6. The van der Waals surface area contributed by atoms with Gasteiger partial charge in [0.1, 0.15) is 5.69 Å².